The van der Waals surface area contributed by atoms with Gasteiger partial charge in [-0.2, -0.15) is 0 Å². The van der Waals surface area contributed by atoms with Crippen molar-refractivity contribution in [2.75, 3.05) is 19.6 Å². The summed E-state index contributed by atoms with van der Waals surface area (Å²) in [5.41, 5.74) is 17.4. The number of amides is 10. The number of rotatable bonds is 44. The number of carbonyl (C=O) groups is 13. The van der Waals surface area contributed by atoms with E-state index in [1.54, 1.807) is 55.4 Å². The van der Waals surface area contributed by atoms with Crippen LogP contribution in [0.1, 0.15) is 160 Å². The van der Waals surface area contributed by atoms with Gasteiger partial charge in [-0.15, -0.1) is 0 Å². The average Bonchev–Trinajstić information content (AvgIpc) is 2.85. The number of hydrogen-bond donors (Lipinski definition) is 17. The predicted octanol–water partition coefficient (Wildman–Crippen LogP) is -2.30. The Morgan fingerprint density at radius 2 is 0.744 bits per heavy atom. The summed E-state index contributed by atoms with van der Waals surface area (Å²) in [6.45, 7) is 18.2. The molecule has 0 heterocycles. The first-order chi connectivity index (χ1) is 40.1. The molecule has 0 spiro atoms. The van der Waals surface area contributed by atoms with Crippen LogP contribution in [0.5, 0.6) is 0 Å². The number of aliphatic carboxylic acids is 3. The highest BCUT2D eigenvalue weighted by atomic mass is 16.4. The van der Waals surface area contributed by atoms with Crippen molar-refractivity contribution in [2.24, 2.45) is 46.8 Å². The molecule has 0 aromatic heterocycles. The summed E-state index contributed by atoms with van der Waals surface area (Å²) in [7, 11) is 0. The lowest BCUT2D eigenvalue weighted by molar-refractivity contribution is -0.143. The van der Waals surface area contributed by atoms with E-state index in [0.29, 0.717) is 32.1 Å². The van der Waals surface area contributed by atoms with Crippen molar-refractivity contribution in [3.63, 3.8) is 0 Å². The quantitative estimate of drug-likeness (QED) is 0.0285. The molecule has 0 aliphatic rings. The zero-order chi connectivity index (χ0) is 66.1. The van der Waals surface area contributed by atoms with Crippen molar-refractivity contribution in [3.8, 4) is 0 Å². The topological polar surface area (TPSA) is 501 Å². The molecule has 0 aliphatic carbocycles. The fourth-order valence-corrected chi connectivity index (χ4v) is 8.74. The number of nitrogens with one attached hydrogen (secondary N) is 10. The van der Waals surface area contributed by atoms with Gasteiger partial charge in [0.15, 0.2) is 0 Å². The van der Waals surface area contributed by atoms with Gasteiger partial charge < -0.3 is 90.8 Å². The van der Waals surface area contributed by atoms with Crippen molar-refractivity contribution in [1.82, 2.24) is 53.2 Å². The molecule has 86 heavy (non-hydrogen) atoms. The fraction of sp³-hybridized carbons (Fsp3) is 0.768. The molecular formula is C56H101N13O17. The Hall–Kier alpha value is -7.05. The van der Waals surface area contributed by atoms with Crippen LogP contribution in [0.25, 0.3) is 0 Å². The van der Waals surface area contributed by atoms with Gasteiger partial charge >= 0.3 is 17.9 Å². The number of carboxylic acid groups (broad SMARTS) is 3. The SMILES string of the molecule is CC[C@H](C)[C@H](NC(=O)[C@H](CC(C)C)NC(=O)[C@@H](N)CC(C)C)C(=O)N[C@@H](CC(=O)O)C(=O)N[C@@H](CC(=O)O)C(=O)N[C@@H](CCCCN)C(=O)NCC(=O)N[C@H](C(=O)N[C@H](C(=O)N[C@@H](CCCCN)C(=O)N[C@@H](CC(C)C)C(=O)O)[C@@H](C)CC)[C@@H](C)O. The summed E-state index contributed by atoms with van der Waals surface area (Å²) in [4.78, 5) is 173. The zero-order valence-electron chi connectivity index (χ0n) is 51.9. The summed E-state index contributed by atoms with van der Waals surface area (Å²) in [5, 5.41) is 64.3. The van der Waals surface area contributed by atoms with Crippen LogP contribution in [0.15, 0.2) is 0 Å². The summed E-state index contributed by atoms with van der Waals surface area (Å²) in [5.74, 6) is -15.7. The third-order valence-corrected chi connectivity index (χ3v) is 14.0. The maximum atomic E-state index is 14.0. The molecule has 20 N–H and O–H groups in total. The second-order valence-corrected chi connectivity index (χ2v) is 23.2. The number of aliphatic hydroxyl groups is 1. The molecule has 0 unspecified atom stereocenters. The van der Waals surface area contributed by atoms with Crippen molar-refractivity contribution >= 4 is 77.0 Å². The van der Waals surface area contributed by atoms with Gasteiger partial charge in [-0.25, -0.2) is 4.79 Å². The number of carbonyl (C=O) groups excluding carboxylic acids is 10. The van der Waals surface area contributed by atoms with Gasteiger partial charge in [0.2, 0.25) is 59.1 Å². The molecule has 10 amide bonds. The molecule has 0 aromatic rings. The molecular weight excluding hydrogens is 1130 g/mol. The van der Waals surface area contributed by atoms with Gasteiger partial charge in [0, 0.05) is 0 Å². The highest BCUT2D eigenvalue weighted by Crippen LogP contribution is 2.15. The summed E-state index contributed by atoms with van der Waals surface area (Å²) >= 11 is 0. The molecule has 0 saturated carbocycles. The Balaban J connectivity index is 6.56. The standard InChI is InChI=1S/C56H101N13O17/c1-12-31(9)44(68-52(81)37(23-29(5)6)63-47(76)34(59)22-28(3)4)54(83)65-39(26-43(74)75)51(80)64-38(25-42(72)73)50(79)61-35(18-14-16-20-57)48(77)60-27-41(71)67-46(33(11)70)55(84)69-45(32(10)13-2)53(82)62-36(19-15-17-21-58)49(78)66-40(56(85)86)24-30(7)8/h28-40,44-46,70H,12-27,57-59H2,1-11H3,(H,60,77)(H,61,79)(H,62,82)(H,63,76)(H,64,80)(H,65,83)(H,66,78)(H,67,71)(H,68,81)(H,69,84)(H,72,73)(H,74,75)(H,85,86)/t31-,32-,33+,34-,35-,36-,37-,38-,39-,40-,44-,45-,46-/m0/s1. The van der Waals surface area contributed by atoms with Gasteiger partial charge in [-0.05, 0) is 107 Å². The first kappa shape index (κ1) is 79.0. The van der Waals surface area contributed by atoms with Crippen LogP contribution in [0.4, 0.5) is 0 Å². The molecule has 0 bridgehead atoms. The monoisotopic (exact) mass is 1230 g/mol. The number of carboxylic acids is 3. The smallest absolute Gasteiger partial charge is 0.326 e. The highest BCUT2D eigenvalue weighted by molar-refractivity contribution is 6.00. The van der Waals surface area contributed by atoms with E-state index < -0.39 is 175 Å². The van der Waals surface area contributed by atoms with Crippen molar-refractivity contribution in [3.05, 3.63) is 0 Å². The first-order valence-electron chi connectivity index (χ1n) is 29.6. The van der Waals surface area contributed by atoms with Crippen molar-refractivity contribution in [2.45, 2.75) is 226 Å². The van der Waals surface area contributed by atoms with Crippen LogP contribution in [-0.4, -0.2) is 184 Å². The molecule has 0 rings (SSSR count). The molecule has 30 heteroatoms. The van der Waals surface area contributed by atoms with E-state index in [1.807, 2.05) is 13.8 Å². The Kier molecular flexibility index (Phi) is 37.7. The van der Waals surface area contributed by atoms with Gasteiger partial charge in [-0.1, -0.05) is 82.1 Å². The van der Waals surface area contributed by atoms with Crippen LogP contribution in [0, 0.1) is 29.6 Å². The lowest BCUT2D eigenvalue weighted by Gasteiger charge is -2.29. The van der Waals surface area contributed by atoms with E-state index in [0.717, 1.165) is 6.92 Å². The van der Waals surface area contributed by atoms with E-state index in [4.69, 9.17) is 17.2 Å². The normalized spacial score (nSPS) is 15.9. The third-order valence-electron chi connectivity index (χ3n) is 14.0. The molecule has 0 fully saturated rings. The first-order valence-corrected chi connectivity index (χ1v) is 29.6. The van der Waals surface area contributed by atoms with E-state index in [2.05, 4.69) is 53.2 Å². The Labute approximate surface area is 504 Å². The molecule has 0 radical (unpaired) electrons. The molecule has 0 aromatic carbocycles. The van der Waals surface area contributed by atoms with Crippen LogP contribution in [0.2, 0.25) is 0 Å². The summed E-state index contributed by atoms with van der Waals surface area (Å²) in [6, 6.07) is -14.6. The summed E-state index contributed by atoms with van der Waals surface area (Å²) < 4.78 is 0. The lowest BCUT2D eigenvalue weighted by atomic mass is 9.96. The highest BCUT2D eigenvalue weighted by Gasteiger charge is 2.38. The molecule has 0 aliphatic heterocycles. The van der Waals surface area contributed by atoms with E-state index in [1.165, 1.54) is 0 Å². The van der Waals surface area contributed by atoms with Crippen LogP contribution < -0.4 is 70.4 Å². The van der Waals surface area contributed by atoms with Gasteiger partial charge in [0.1, 0.15) is 54.4 Å². The largest absolute Gasteiger partial charge is 0.481 e. The molecule has 13 atom stereocenters. The second kappa shape index (κ2) is 41.1. The minimum atomic E-state index is -2.02. The van der Waals surface area contributed by atoms with Crippen molar-refractivity contribution < 1.29 is 82.8 Å². The average molecular weight is 1230 g/mol. The summed E-state index contributed by atoms with van der Waals surface area (Å²) in [6.07, 6.45) is -1.42. The predicted molar refractivity (Wildman–Crippen MR) is 315 cm³/mol. The van der Waals surface area contributed by atoms with Crippen molar-refractivity contribution in [1.29, 1.82) is 0 Å². The van der Waals surface area contributed by atoms with E-state index in [9.17, 15) is 82.8 Å². The maximum absolute atomic E-state index is 14.0. The zero-order valence-corrected chi connectivity index (χ0v) is 51.9. The van der Waals surface area contributed by atoms with Crippen LogP contribution in [0.3, 0.4) is 0 Å². The lowest BCUT2D eigenvalue weighted by Crippen LogP contribution is -2.61. The number of unbranched alkanes of at least 4 members (excludes halogenated alkanes) is 2. The fourth-order valence-electron chi connectivity index (χ4n) is 8.74. The Morgan fingerprint density at radius 1 is 0.395 bits per heavy atom. The maximum Gasteiger partial charge on any atom is 0.326 e. The van der Waals surface area contributed by atoms with E-state index in [-0.39, 0.29) is 69.4 Å². The number of nitrogens with two attached hydrogens (primary N) is 3. The molecule has 492 valence electrons. The third kappa shape index (κ3) is 30.9. The molecule has 30 nitrogen and oxygen atoms in total. The number of aliphatic hydroxyl groups excluding tert-OH is 1. The van der Waals surface area contributed by atoms with Crippen LogP contribution >= 0.6 is 0 Å². The van der Waals surface area contributed by atoms with Crippen LogP contribution in [-0.2, 0) is 62.3 Å². The number of hydrogen-bond acceptors (Lipinski definition) is 17. The van der Waals surface area contributed by atoms with E-state index >= 15 is 0 Å². The second-order valence-electron chi connectivity index (χ2n) is 23.2. The van der Waals surface area contributed by atoms with Gasteiger partial charge in [0.25, 0.3) is 0 Å². The minimum Gasteiger partial charge on any atom is -0.481 e. The Bertz CT molecular complexity index is 2250. The Morgan fingerprint density at radius 3 is 1.15 bits per heavy atom. The van der Waals surface area contributed by atoms with Gasteiger partial charge in [0.05, 0.1) is 31.5 Å². The van der Waals surface area contributed by atoms with Gasteiger partial charge in [-0.3, -0.25) is 57.5 Å². The molecule has 0 saturated heterocycles. The minimum absolute atomic E-state index is 0.0615.